The zero-order chi connectivity index (χ0) is 11.6. The van der Waals surface area contributed by atoms with Gasteiger partial charge in [-0.2, -0.15) is 5.10 Å². The van der Waals surface area contributed by atoms with Gasteiger partial charge in [-0.05, 0) is 19.9 Å². The molecule has 1 aromatic heterocycles. The molecule has 0 fully saturated rings. The second kappa shape index (κ2) is 4.28. The average molecular weight is 235 g/mol. The van der Waals surface area contributed by atoms with Crippen molar-refractivity contribution in [1.29, 1.82) is 0 Å². The van der Waals surface area contributed by atoms with Crippen LogP contribution < -0.4 is 4.72 Å². The van der Waals surface area contributed by atoms with E-state index >= 15 is 0 Å². The average Bonchev–Trinajstić information content (AvgIpc) is 2.43. The molecule has 15 heavy (non-hydrogen) atoms. The lowest BCUT2D eigenvalue weighted by molar-refractivity contribution is 0.360. The van der Waals surface area contributed by atoms with Crippen molar-refractivity contribution in [2.45, 2.75) is 25.0 Å². The summed E-state index contributed by atoms with van der Waals surface area (Å²) in [7, 11) is -2.13. The van der Waals surface area contributed by atoms with Crippen molar-refractivity contribution < 1.29 is 12.8 Å². The monoisotopic (exact) mass is 235 g/mol. The number of rotatable bonds is 4. The van der Waals surface area contributed by atoms with Crippen LogP contribution in [0, 0.1) is 6.92 Å². The molecule has 7 heteroatoms. The molecule has 0 aliphatic carbocycles. The summed E-state index contributed by atoms with van der Waals surface area (Å²) in [5, 5.41) is 3.95. The first-order chi connectivity index (χ1) is 6.83. The van der Waals surface area contributed by atoms with Gasteiger partial charge in [-0.3, -0.25) is 4.68 Å². The van der Waals surface area contributed by atoms with E-state index in [1.807, 2.05) is 0 Å². The molecular formula is C8H14FN3O2S. The predicted molar refractivity (Wildman–Crippen MR) is 53.7 cm³/mol. The summed E-state index contributed by atoms with van der Waals surface area (Å²) in [6, 6.07) is 1.44. The van der Waals surface area contributed by atoms with E-state index in [-0.39, 0.29) is 11.6 Å². The smallest absolute Gasteiger partial charge is 0.256 e. The molecule has 0 spiro atoms. The molecule has 0 amide bonds. The number of aromatic nitrogens is 2. The summed E-state index contributed by atoms with van der Waals surface area (Å²) in [6.07, 6.45) is -1.21. The van der Waals surface area contributed by atoms with Gasteiger partial charge in [0.1, 0.15) is 6.17 Å². The maximum atomic E-state index is 12.5. The number of hydrogen-bond donors (Lipinski definition) is 1. The number of halogens is 1. The highest BCUT2D eigenvalue weighted by Gasteiger charge is 2.19. The highest BCUT2D eigenvalue weighted by molar-refractivity contribution is 7.89. The van der Waals surface area contributed by atoms with Crippen LogP contribution in [0.3, 0.4) is 0 Å². The van der Waals surface area contributed by atoms with Crippen LogP contribution >= 0.6 is 0 Å². The Bertz CT molecular complexity index is 439. The van der Waals surface area contributed by atoms with Gasteiger partial charge in [-0.1, -0.05) is 0 Å². The zero-order valence-electron chi connectivity index (χ0n) is 8.86. The molecule has 1 N–H and O–H groups in total. The van der Waals surface area contributed by atoms with Crippen LogP contribution in [0.1, 0.15) is 12.6 Å². The summed E-state index contributed by atoms with van der Waals surface area (Å²) in [5.74, 6) is 0. The predicted octanol–water partition coefficient (Wildman–Crippen LogP) is 0.365. The molecule has 0 aliphatic rings. The maximum absolute atomic E-state index is 12.5. The lowest BCUT2D eigenvalue weighted by Crippen LogP contribution is -2.30. The fourth-order valence-corrected chi connectivity index (χ4v) is 2.45. The molecule has 1 rings (SSSR count). The molecule has 1 unspecified atom stereocenters. The van der Waals surface area contributed by atoms with Crippen molar-refractivity contribution in [3.05, 3.63) is 11.8 Å². The van der Waals surface area contributed by atoms with Crippen molar-refractivity contribution in [3.63, 3.8) is 0 Å². The van der Waals surface area contributed by atoms with E-state index in [1.54, 1.807) is 6.92 Å². The lowest BCUT2D eigenvalue weighted by Gasteiger charge is -2.06. The lowest BCUT2D eigenvalue weighted by atomic mass is 10.5. The van der Waals surface area contributed by atoms with Crippen LogP contribution in [0.2, 0.25) is 0 Å². The maximum Gasteiger partial charge on any atom is 0.257 e. The van der Waals surface area contributed by atoms with E-state index in [0.29, 0.717) is 5.69 Å². The van der Waals surface area contributed by atoms with E-state index in [9.17, 15) is 12.8 Å². The second-order valence-electron chi connectivity index (χ2n) is 3.38. The van der Waals surface area contributed by atoms with E-state index in [2.05, 4.69) is 9.82 Å². The van der Waals surface area contributed by atoms with Gasteiger partial charge in [0.15, 0.2) is 5.03 Å². The van der Waals surface area contributed by atoms with Gasteiger partial charge >= 0.3 is 0 Å². The van der Waals surface area contributed by atoms with E-state index < -0.39 is 16.2 Å². The molecule has 0 saturated carbocycles. The molecule has 0 aromatic carbocycles. The molecule has 5 nitrogen and oxygen atoms in total. The largest absolute Gasteiger partial charge is 0.257 e. The van der Waals surface area contributed by atoms with E-state index in [0.717, 1.165) is 0 Å². The summed E-state index contributed by atoms with van der Waals surface area (Å²) in [5.41, 5.74) is 0.603. The van der Waals surface area contributed by atoms with Crippen molar-refractivity contribution in [2.24, 2.45) is 7.05 Å². The summed E-state index contributed by atoms with van der Waals surface area (Å²) >= 11 is 0. The van der Waals surface area contributed by atoms with Crippen LogP contribution in [-0.4, -0.2) is 30.9 Å². The number of nitrogens with zero attached hydrogens (tertiary/aromatic N) is 2. The molecule has 1 aromatic rings. The third kappa shape index (κ3) is 3.00. The van der Waals surface area contributed by atoms with Crippen LogP contribution in [0.15, 0.2) is 11.1 Å². The minimum absolute atomic E-state index is 0.0423. The Hall–Kier alpha value is -0.950. The highest BCUT2D eigenvalue weighted by Crippen LogP contribution is 2.09. The number of aryl methyl sites for hydroxylation is 2. The first kappa shape index (κ1) is 12.1. The second-order valence-corrected chi connectivity index (χ2v) is 5.09. The fraction of sp³-hybridized carbons (Fsp3) is 0.625. The quantitative estimate of drug-likeness (QED) is 0.819. The Kier molecular flexibility index (Phi) is 3.46. The van der Waals surface area contributed by atoms with E-state index in [1.165, 1.54) is 24.7 Å². The molecule has 1 atom stereocenters. The molecule has 86 valence electrons. The van der Waals surface area contributed by atoms with Gasteiger partial charge in [0.05, 0.1) is 5.69 Å². The van der Waals surface area contributed by atoms with Crippen molar-refractivity contribution >= 4 is 10.0 Å². The summed E-state index contributed by atoms with van der Waals surface area (Å²) in [4.78, 5) is 0. The van der Waals surface area contributed by atoms with Crippen LogP contribution in [-0.2, 0) is 17.1 Å². The molecule has 0 aliphatic heterocycles. The van der Waals surface area contributed by atoms with Crippen molar-refractivity contribution in [2.75, 3.05) is 6.54 Å². The fourth-order valence-electron chi connectivity index (χ4n) is 1.14. The molecule has 1 heterocycles. The Labute approximate surface area is 88.3 Å². The Morgan fingerprint density at radius 2 is 2.27 bits per heavy atom. The van der Waals surface area contributed by atoms with Gasteiger partial charge in [-0.15, -0.1) is 0 Å². The normalized spacial score (nSPS) is 14.1. The minimum Gasteiger partial charge on any atom is -0.256 e. The van der Waals surface area contributed by atoms with Crippen molar-refractivity contribution in [1.82, 2.24) is 14.5 Å². The van der Waals surface area contributed by atoms with Gasteiger partial charge in [-0.25, -0.2) is 17.5 Å². The zero-order valence-corrected chi connectivity index (χ0v) is 9.68. The number of alkyl halides is 1. The third-order valence-corrected chi connectivity index (χ3v) is 3.27. The summed E-state index contributed by atoms with van der Waals surface area (Å²) in [6.45, 7) is 2.75. The van der Waals surface area contributed by atoms with Gasteiger partial charge in [0.25, 0.3) is 10.0 Å². The first-order valence-corrected chi connectivity index (χ1v) is 5.95. The van der Waals surface area contributed by atoms with Gasteiger partial charge in [0, 0.05) is 13.6 Å². The molecule has 0 radical (unpaired) electrons. The van der Waals surface area contributed by atoms with Crippen LogP contribution in [0.4, 0.5) is 4.39 Å². The third-order valence-electron chi connectivity index (χ3n) is 1.79. The highest BCUT2D eigenvalue weighted by atomic mass is 32.2. The number of hydrogen-bond acceptors (Lipinski definition) is 3. The summed E-state index contributed by atoms with van der Waals surface area (Å²) < 4.78 is 39.2. The molecule has 0 bridgehead atoms. The SMILES string of the molecule is Cc1cc(S(=O)(=O)NCC(C)F)n(C)n1. The Balaban J connectivity index is 2.91. The van der Waals surface area contributed by atoms with Crippen LogP contribution in [0.5, 0.6) is 0 Å². The number of nitrogens with one attached hydrogen (secondary N) is 1. The Morgan fingerprint density at radius 3 is 2.67 bits per heavy atom. The van der Waals surface area contributed by atoms with Crippen molar-refractivity contribution in [3.8, 4) is 0 Å². The molecule has 0 saturated heterocycles. The van der Waals surface area contributed by atoms with E-state index in [4.69, 9.17) is 0 Å². The standard InChI is InChI=1S/C8H14FN3O2S/c1-6(9)5-10-15(13,14)8-4-7(2)11-12(8)3/h4,6,10H,5H2,1-3H3. The topological polar surface area (TPSA) is 64.0 Å². The first-order valence-electron chi connectivity index (χ1n) is 4.47. The van der Waals surface area contributed by atoms with Crippen LogP contribution in [0.25, 0.3) is 0 Å². The number of sulfonamides is 1. The van der Waals surface area contributed by atoms with Gasteiger partial charge < -0.3 is 0 Å². The Morgan fingerprint density at radius 1 is 1.67 bits per heavy atom. The minimum atomic E-state index is -3.65. The molecular weight excluding hydrogens is 221 g/mol. The van der Waals surface area contributed by atoms with Gasteiger partial charge in [0.2, 0.25) is 0 Å².